The van der Waals surface area contributed by atoms with Gasteiger partial charge in [-0.1, -0.05) is 41.2 Å². The summed E-state index contributed by atoms with van der Waals surface area (Å²) in [4.78, 5) is 28.4. The minimum absolute atomic E-state index is 0.139. The number of nitrogens with zero attached hydrogens (tertiary/aromatic N) is 3. The Labute approximate surface area is 185 Å². The van der Waals surface area contributed by atoms with Crippen molar-refractivity contribution in [1.29, 1.82) is 0 Å². The second kappa shape index (κ2) is 9.34. The minimum atomic E-state index is -1.02. The summed E-state index contributed by atoms with van der Waals surface area (Å²) in [7, 11) is 0. The van der Waals surface area contributed by atoms with E-state index >= 15 is 0 Å². The Hall–Kier alpha value is -3.13. The Morgan fingerprint density at radius 3 is 2.32 bits per heavy atom. The Morgan fingerprint density at radius 2 is 1.77 bits per heavy atom. The quantitative estimate of drug-likeness (QED) is 0.579. The van der Waals surface area contributed by atoms with Crippen LogP contribution in [0.2, 0.25) is 0 Å². The zero-order valence-electron chi connectivity index (χ0n) is 17.9. The van der Waals surface area contributed by atoms with Gasteiger partial charge >= 0.3 is 0 Å². The summed E-state index contributed by atoms with van der Waals surface area (Å²) in [5.74, 6) is -1.25. The molecule has 0 aliphatic rings. The molecule has 0 aliphatic carbocycles. The third kappa shape index (κ3) is 5.32. The fraction of sp³-hybridized carbons (Fsp3) is 0.304. The Morgan fingerprint density at radius 1 is 1.13 bits per heavy atom. The van der Waals surface area contributed by atoms with Crippen LogP contribution in [0.1, 0.15) is 54.8 Å². The van der Waals surface area contributed by atoms with Gasteiger partial charge in [0.2, 0.25) is 5.91 Å². The molecular formula is C23H25FN4O2S. The smallest absolute Gasteiger partial charge is 0.280 e. The van der Waals surface area contributed by atoms with Gasteiger partial charge in [0.15, 0.2) is 5.69 Å². The normalized spacial score (nSPS) is 12.3. The van der Waals surface area contributed by atoms with Crippen molar-refractivity contribution < 1.29 is 14.0 Å². The van der Waals surface area contributed by atoms with Gasteiger partial charge in [0.1, 0.15) is 11.9 Å². The fourth-order valence-corrected chi connectivity index (χ4v) is 3.45. The number of anilines is 1. The summed E-state index contributed by atoms with van der Waals surface area (Å²) in [5, 5.41) is 8.47. The summed E-state index contributed by atoms with van der Waals surface area (Å²) in [6, 6.07) is 11.9. The molecule has 0 radical (unpaired) electrons. The van der Waals surface area contributed by atoms with Crippen LogP contribution in [0.4, 0.5) is 10.1 Å². The molecule has 1 atom stereocenters. The summed E-state index contributed by atoms with van der Waals surface area (Å²) in [6.07, 6.45) is 0.698. The van der Waals surface area contributed by atoms with Gasteiger partial charge in [0.25, 0.3) is 5.91 Å². The molecule has 0 bridgehead atoms. The number of hydrogen-bond acceptors (Lipinski definition) is 5. The second-order valence-corrected chi connectivity index (χ2v) is 8.59. The lowest BCUT2D eigenvalue weighted by atomic mass is 9.98. The highest BCUT2D eigenvalue weighted by Gasteiger charge is 2.36. The standard InChI is InChI=1S/C23H25FN4O2S/c1-5-23(3,4)25-21(29)20(16-8-10-17(24)11-9-16)28(18-12-6-15(2)7-13-18)22(30)19-14-31-27-26-19/h6-14,20H,5H2,1-4H3,(H,25,29)/t20-/m1/s1. The van der Waals surface area contributed by atoms with E-state index in [1.807, 2.05) is 39.8 Å². The first kappa shape index (κ1) is 22.6. The average Bonchev–Trinajstić information content (AvgIpc) is 3.28. The minimum Gasteiger partial charge on any atom is -0.349 e. The van der Waals surface area contributed by atoms with E-state index < -0.39 is 23.3 Å². The molecule has 0 spiro atoms. The maximum absolute atomic E-state index is 13.6. The molecule has 2 aromatic carbocycles. The molecule has 162 valence electrons. The van der Waals surface area contributed by atoms with Gasteiger partial charge in [-0.15, -0.1) is 5.10 Å². The predicted octanol–water partition coefficient (Wildman–Crippen LogP) is 4.68. The number of carbonyl (C=O) groups excluding carboxylic acids is 2. The van der Waals surface area contributed by atoms with E-state index in [1.54, 1.807) is 17.5 Å². The zero-order chi connectivity index (χ0) is 22.6. The van der Waals surface area contributed by atoms with Crippen LogP contribution >= 0.6 is 11.5 Å². The lowest BCUT2D eigenvalue weighted by Crippen LogP contribution is -2.50. The van der Waals surface area contributed by atoms with Crippen molar-refractivity contribution in [3.63, 3.8) is 0 Å². The Kier molecular flexibility index (Phi) is 6.80. The third-order valence-electron chi connectivity index (χ3n) is 5.15. The Bertz CT molecular complexity index is 1030. The lowest BCUT2D eigenvalue weighted by molar-refractivity contribution is -0.124. The van der Waals surface area contributed by atoms with E-state index in [1.165, 1.54) is 29.2 Å². The van der Waals surface area contributed by atoms with E-state index in [4.69, 9.17) is 0 Å². The highest BCUT2D eigenvalue weighted by molar-refractivity contribution is 7.03. The van der Waals surface area contributed by atoms with Gasteiger partial charge in [-0.05, 0) is 68.6 Å². The zero-order valence-corrected chi connectivity index (χ0v) is 18.7. The largest absolute Gasteiger partial charge is 0.349 e. The van der Waals surface area contributed by atoms with Crippen molar-refractivity contribution in [2.45, 2.75) is 45.7 Å². The van der Waals surface area contributed by atoms with Crippen molar-refractivity contribution in [2.75, 3.05) is 4.90 Å². The van der Waals surface area contributed by atoms with Crippen molar-refractivity contribution in [1.82, 2.24) is 14.9 Å². The molecular weight excluding hydrogens is 415 g/mol. The monoisotopic (exact) mass is 440 g/mol. The number of rotatable bonds is 7. The number of hydrogen-bond donors (Lipinski definition) is 1. The van der Waals surface area contributed by atoms with Crippen LogP contribution in [-0.4, -0.2) is 26.9 Å². The molecule has 0 unspecified atom stereocenters. The molecule has 3 rings (SSSR count). The molecule has 0 aliphatic heterocycles. The molecule has 6 nitrogen and oxygen atoms in total. The number of carbonyl (C=O) groups is 2. The number of amides is 2. The van der Waals surface area contributed by atoms with Crippen molar-refractivity contribution in [2.24, 2.45) is 0 Å². The summed E-state index contributed by atoms with van der Waals surface area (Å²) >= 11 is 1.06. The number of nitrogens with one attached hydrogen (secondary N) is 1. The fourth-order valence-electron chi connectivity index (χ4n) is 3.02. The van der Waals surface area contributed by atoms with Crippen LogP contribution in [0.15, 0.2) is 53.9 Å². The molecule has 3 aromatic rings. The number of halogens is 1. The van der Waals surface area contributed by atoms with Crippen LogP contribution in [0.5, 0.6) is 0 Å². The average molecular weight is 441 g/mol. The van der Waals surface area contributed by atoms with E-state index in [9.17, 15) is 14.0 Å². The predicted molar refractivity (Wildman–Crippen MR) is 120 cm³/mol. The van der Waals surface area contributed by atoms with Gasteiger partial charge in [-0.3, -0.25) is 14.5 Å². The second-order valence-electron chi connectivity index (χ2n) is 7.98. The van der Waals surface area contributed by atoms with Crippen molar-refractivity contribution in [3.8, 4) is 0 Å². The number of aryl methyl sites for hydroxylation is 1. The molecule has 31 heavy (non-hydrogen) atoms. The highest BCUT2D eigenvalue weighted by atomic mass is 32.1. The molecule has 1 aromatic heterocycles. The molecule has 8 heteroatoms. The SMILES string of the molecule is CCC(C)(C)NC(=O)[C@@H](c1ccc(F)cc1)N(C(=O)c1csnn1)c1ccc(C)cc1. The summed E-state index contributed by atoms with van der Waals surface area (Å²) in [5.41, 5.74) is 1.69. The molecule has 1 N–H and O–H groups in total. The van der Waals surface area contributed by atoms with Crippen LogP contribution in [0.3, 0.4) is 0 Å². The number of aromatic nitrogens is 2. The molecule has 0 fully saturated rings. The van der Waals surface area contributed by atoms with Gasteiger partial charge in [0, 0.05) is 16.6 Å². The molecule has 0 saturated carbocycles. The summed E-state index contributed by atoms with van der Waals surface area (Å²) < 4.78 is 17.4. The van der Waals surface area contributed by atoms with Gasteiger partial charge in [0.05, 0.1) is 0 Å². The first-order valence-corrected chi connectivity index (χ1v) is 10.8. The van der Waals surface area contributed by atoms with E-state index in [0.29, 0.717) is 17.7 Å². The van der Waals surface area contributed by atoms with Crippen LogP contribution in [0.25, 0.3) is 0 Å². The molecule has 0 saturated heterocycles. The maximum atomic E-state index is 13.6. The van der Waals surface area contributed by atoms with Crippen LogP contribution in [0, 0.1) is 12.7 Å². The van der Waals surface area contributed by atoms with Gasteiger partial charge in [-0.25, -0.2) is 4.39 Å². The van der Waals surface area contributed by atoms with Crippen LogP contribution < -0.4 is 10.2 Å². The van der Waals surface area contributed by atoms with Crippen LogP contribution in [-0.2, 0) is 4.79 Å². The Balaban J connectivity index is 2.15. The topological polar surface area (TPSA) is 75.2 Å². The molecule has 2 amide bonds. The molecule has 1 heterocycles. The van der Waals surface area contributed by atoms with E-state index in [0.717, 1.165) is 17.1 Å². The van der Waals surface area contributed by atoms with Crippen molar-refractivity contribution in [3.05, 3.63) is 76.5 Å². The highest BCUT2D eigenvalue weighted by Crippen LogP contribution is 2.31. The van der Waals surface area contributed by atoms with Gasteiger partial charge < -0.3 is 5.32 Å². The van der Waals surface area contributed by atoms with E-state index in [2.05, 4.69) is 14.9 Å². The first-order valence-electron chi connectivity index (χ1n) is 9.96. The lowest BCUT2D eigenvalue weighted by Gasteiger charge is -2.34. The number of benzene rings is 2. The maximum Gasteiger partial charge on any atom is 0.280 e. The van der Waals surface area contributed by atoms with Gasteiger partial charge in [-0.2, -0.15) is 0 Å². The third-order valence-corrected chi connectivity index (χ3v) is 5.65. The van der Waals surface area contributed by atoms with Crippen molar-refractivity contribution >= 4 is 29.0 Å². The summed E-state index contributed by atoms with van der Waals surface area (Å²) in [6.45, 7) is 7.73. The first-order chi connectivity index (χ1) is 14.7. The van der Waals surface area contributed by atoms with E-state index in [-0.39, 0.29) is 11.6 Å².